The molecule has 0 heterocycles. The number of ether oxygens (including phenoxy) is 1. The lowest BCUT2D eigenvalue weighted by atomic mass is 9.65. The smallest absolute Gasteiger partial charge is 0.119 e. The summed E-state index contributed by atoms with van der Waals surface area (Å²) in [5, 5.41) is 0. The zero-order valence-electron chi connectivity index (χ0n) is 23.0. The molecule has 194 valence electrons. The maximum absolute atomic E-state index is 5.88. The van der Waals surface area contributed by atoms with E-state index in [4.69, 9.17) is 4.74 Å². The Morgan fingerprint density at radius 1 is 0.658 bits per heavy atom. The normalized spacial score (nSPS) is 14.6. The van der Waals surface area contributed by atoms with E-state index in [2.05, 4.69) is 122 Å². The van der Waals surface area contributed by atoms with Gasteiger partial charge in [0.2, 0.25) is 0 Å². The van der Waals surface area contributed by atoms with Crippen LogP contribution in [0.4, 0.5) is 17.1 Å². The Hall–Kier alpha value is -3.78. The monoisotopic (exact) mass is 501 g/mol. The van der Waals surface area contributed by atoms with E-state index < -0.39 is 0 Å². The number of aryl methyl sites for hydroxylation is 2. The molecule has 4 aromatic rings. The summed E-state index contributed by atoms with van der Waals surface area (Å²) in [5.41, 5.74) is 9.92. The highest BCUT2D eigenvalue weighted by molar-refractivity contribution is 5.76. The van der Waals surface area contributed by atoms with Gasteiger partial charge in [0.15, 0.2) is 0 Å². The van der Waals surface area contributed by atoms with Crippen LogP contribution in [0.1, 0.15) is 61.3 Å². The zero-order chi connectivity index (χ0) is 26.5. The average Bonchev–Trinajstić information content (AvgIpc) is 2.95. The van der Waals surface area contributed by atoms with Gasteiger partial charge >= 0.3 is 0 Å². The summed E-state index contributed by atoms with van der Waals surface area (Å²) in [6, 6.07) is 35.7. The van der Waals surface area contributed by atoms with Crippen LogP contribution in [0.2, 0.25) is 0 Å². The molecule has 2 nitrogen and oxygen atoms in total. The Kier molecular flexibility index (Phi) is 7.69. The van der Waals surface area contributed by atoms with E-state index in [9.17, 15) is 0 Å². The molecule has 1 aliphatic carbocycles. The van der Waals surface area contributed by atoms with Crippen LogP contribution in [0.5, 0.6) is 5.75 Å². The molecule has 4 aromatic carbocycles. The van der Waals surface area contributed by atoms with Crippen LogP contribution in [0, 0.1) is 13.8 Å². The van der Waals surface area contributed by atoms with Gasteiger partial charge in [-0.05, 0) is 98.8 Å². The SMILES string of the molecule is C=C(C)COc1ccc(C2(c3ccc(N(c4ccc(C)cc4)c4ccc(C)cc4)cc3)CCCCC2)cc1. The van der Waals surface area contributed by atoms with E-state index >= 15 is 0 Å². The van der Waals surface area contributed by atoms with Gasteiger partial charge in [0.05, 0.1) is 0 Å². The first-order valence-corrected chi connectivity index (χ1v) is 13.9. The molecular formula is C36H39NO. The Balaban J connectivity index is 1.50. The number of rotatable bonds is 8. The molecule has 1 fully saturated rings. The van der Waals surface area contributed by atoms with Crippen LogP contribution in [0.25, 0.3) is 0 Å². The summed E-state index contributed by atoms with van der Waals surface area (Å²) in [7, 11) is 0. The molecule has 0 N–H and O–H groups in total. The second-order valence-corrected chi connectivity index (χ2v) is 11.0. The molecule has 0 aromatic heterocycles. The highest BCUT2D eigenvalue weighted by Crippen LogP contribution is 2.46. The van der Waals surface area contributed by atoms with Crippen molar-refractivity contribution in [3.8, 4) is 5.75 Å². The lowest BCUT2D eigenvalue weighted by molar-refractivity contribution is 0.341. The summed E-state index contributed by atoms with van der Waals surface area (Å²) in [6.07, 6.45) is 6.19. The fourth-order valence-electron chi connectivity index (χ4n) is 5.74. The number of hydrogen-bond acceptors (Lipinski definition) is 2. The minimum atomic E-state index is 0.0439. The van der Waals surface area contributed by atoms with Gasteiger partial charge in [0, 0.05) is 22.5 Å². The van der Waals surface area contributed by atoms with E-state index in [-0.39, 0.29) is 5.41 Å². The Morgan fingerprint density at radius 3 is 1.53 bits per heavy atom. The third-order valence-electron chi connectivity index (χ3n) is 7.86. The first-order chi connectivity index (χ1) is 18.4. The quantitative estimate of drug-likeness (QED) is 0.223. The van der Waals surface area contributed by atoms with Crippen LogP contribution in [-0.4, -0.2) is 6.61 Å². The number of hydrogen-bond donors (Lipinski definition) is 0. The standard InChI is InChI=1S/C36H39NO/c1-27(2)26-38-35-22-14-31(15-23-35)36(24-6-5-7-25-36)30-12-20-34(21-13-30)37(32-16-8-28(3)9-17-32)33-18-10-29(4)11-19-33/h8-23H,1,5-7,24-26H2,2-4H3. The Bertz CT molecular complexity index is 1300. The third-order valence-corrected chi connectivity index (χ3v) is 7.86. The van der Waals surface area contributed by atoms with Crippen molar-refractivity contribution in [2.24, 2.45) is 0 Å². The minimum absolute atomic E-state index is 0.0439. The van der Waals surface area contributed by atoms with E-state index in [1.165, 1.54) is 71.4 Å². The third kappa shape index (κ3) is 5.55. The van der Waals surface area contributed by atoms with Gasteiger partial charge in [-0.15, -0.1) is 0 Å². The predicted octanol–water partition coefficient (Wildman–Crippen LogP) is 9.98. The molecular weight excluding hydrogens is 462 g/mol. The van der Waals surface area contributed by atoms with Gasteiger partial charge in [-0.25, -0.2) is 0 Å². The lowest BCUT2D eigenvalue weighted by Gasteiger charge is -2.39. The van der Waals surface area contributed by atoms with Crippen molar-refractivity contribution in [2.75, 3.05) is 11.5 Å². The second kappa shape index (κ2) is 11.3. The summed E-state index contributed by atoms with van der Waals surface area (Å²) in [6.45, 7) is 10.8. The van der Waals surface area contributed by atoms with E-state index in [1.54, 1.807) is 0 Å². The topological polar surface area (TPSA) is 12.5 Å². The molecule has 0 radical (unpaired) electrons. The molecule has 5 rings (SSSR count). The van der Waals surface area contributed by atoms with Crippen LogP contribution in [0.15, 0.2) is 109 Å². The predicted molar refractivity (Wildman–Crippen MR) is 161 cm³/mol. The van der Waals surface area contributed by atoms with Crippen LogP contribution in [0.3, 0.4) is 0 Å². The number of nitrogens with zero attached hydrogens (tertiary/aromatic N) is 1. The van der Waals surface area contributed by atoms with E-state index in [1.807, 2.05) is 6.92 Å². The van der Waals surface area contributed by atoms with Crippen molar-refractivity contribution < 1.29 is 4.74 Å². The fraction of sp³-hybridized carbons (Fsp3) is 0.278. The Labute approximate surface area is 228 Å². The summed E-state index contributed by atoms with van der Waals surface area (Å²) < 4.78 is 5.88. The van der Waals surface area contributed by atoms with Crippen molar-refractivity contribution in [3.63, 3.8) is 0 Å². The van der Waals surface area contributed by atoms with Crippen molar-refractivity contribution in [1.82, 2.24) is 0 Å². The van der Waals surface area contributed by atoms with Crippen molar-refractivity contribution in [2.45, 2.75) is 58.3 Å². The molecule has 0 saturated heterocycles. The minimum Gasteiger partial charge on any atom is -0.489 e. The van der Waals surface area contributed by atoms with Gasteiger partial charge < -0.3 is 9.64 Å². The van der Waals surface area contributed by atoms with Crippen LogP contribution < -0.4 is 9.64 Å². The molecule has 0 unspecified atom stereocenters. The van der Waals surface area contributed by atoms with E-state index in [0.29, 0.717) is 6.61 Å². The van der Waals surface area contributed by atoms with E-state index in [0.717, 1.165) is 11.3 Å². The number of benzene rings is 4. The zero-order valence-corrected chi connectivity index (χ0v) is 23.0. The Morgan fingerprint density at radius 2 is 1.08 bits per heavy atom. The van der Waals surface area contributed by atoms with Gasteiger partial charge in [-0.2, -0.15) is 0 Å². The summed E-state index contributed by atoms with van der Waals surface area (Å²) in [5.74, 6) is 0.907. The van der Waals surface area contributed by atoms with Crippen LogP contribution >= 0.6 is 0 Å². The van der Waals surface area contributed by atoms with Crippen molar-refractivity contribution >= 4 is 17.1 Å². The van der Waals surface area contributed by atoms with Crippen molar-refractivity contribution in [1.29, 1.82) is 0 Å². The number of anilines is 3. The maximum atomic E-state index is 5.88. The second-order valence-electron chi connectivity index (χ2n) is 11.0. The molecule has 0 amide bonds. The largest absolute Gasteiger partial charge is 0.489 e. The van der Waals surface area contributed by atoms with Crippen LogP contribution in [-0.2, 0) is 5.41 Å². The molecule has 0 aliphatic heterocycles. The van der Waals surface area contributed by atoms with Gasteiger partial charge in [0.25, 0.3) is 0 Å². The molecule has 1 saturated carbocycles. The molecule has 38 heavy (non-hydrogen) atoms. The average molecular weight is 502 g/mol. The molecule has 0 bridgehead atoms. The van der Waals surface area contributed by atoms with Gasteiger partial charge in [-0.1, -0.05) is 85.5 Å². The summed E-state index contributed by atoms with van der Waals surface area (Å²) >= 11 is 0. The first-order valence-electron chi connectivity index (χ1n) is 13.9. The fourth-order valence-corrected chi connectivity index (χ4v) is 5.74. The molecule has 2 heteroatoms. The molecule has 0 atom stereocenters. The van der Waals surface area contributed by atoms with Gasteiger partial charge in [-0.3, -0.25) is 0 Å². The highest BCUT2D eigenvalue weighted by atomic mass is 16.5. The lowest BCUT2D eigenvalue weighted by Crippen LogP contribution is -2.30. The highest BCUT2D eigenvalue weighted by Gasteiger charge is 2.35. The first kappa shape index (κ1) is 25.9. The van der Waals surface area contributed by atoms with Crippen molar-refractivity contribution in [3.05, 3.63) is 131 Å². The summed E-state index contributed by atoms with van der Waals surface area (Å²) in [4.78, 5) is 2.35. The molecule has 0 spiro atoms. The maximum Gasteiger partial charge on any atom is 0.119 e. The molecule has 1 aliphatic rings. The van der Waals surface area contributed by atoms with Gasteiger partial charge in [0.1, 0.15) is 12.4 Å².